The van der Waals surface area contributed by atoms with Crippen molar-refractivity contribution in [2.75, 3.05) is 19.5 Å². The molecule has 26 heavy (non-hydrogen) atoms. The number of hydrogen-bond donors (Lipinski definition) is 2. The molecule has 1 atom stereocenters. The van der Waals surface area contributed by atoms with Gasteiger partial charge in [-0.3, -0.25) is 9.59 Å². The summed E-state index contributed by atoms with van der Waals surface area (Å²) in [4.78, 5) is 24.0. The highest BCUT2D eigenvalue weighted by Crippen LogP contribution is 2.21. The molecule has 0 aliphatic rings. The second-order valence-electron chi connectivity index (χ2n) is 5.91. The van der Waals surface area contributed by atoms with Gasteiger partial charge in [-0.25, -0.2) is 0 Å². The number of nitrogens with one attached hydrogen (secondary N) is 2. The third-order valence-electron chi connectivity index (χ3n) is 3.81. The van der Waals surface area contributed by atoms with Crippen LogP contribution < -0.4 is 15.4 Å². The number of amides is 2. The van der Waals surface area contributed by atoms with E-state index in [1.807, 2.05) is 36.4 Å². The fourth-order valence-electron chi connectivity index (χ4n) is 2.64. The molecule has 0 aromatic heterocycles. The Kier molecular flexibility index (Phi) is 7.17. The molecule has 0 spiro atoms. The van der Waals surface area contributed by atoms with E-state index in [1.54, 1.807) is 26.4 Å². The molecule has 0 aliphatic carbocycles. The summed E-state index contributed by atoms with van der Waals surface area (Å²) < 4.78 is 10.2. The van der Waals surface area contributed by atoms with Crippen LogP contribution in [-0.2, 0) is 20.9 Å². The van der Waals surface area contributed by atoms with Gasteiger partial charge in [0, 0.05) is 19.7 Å². The van der Waals surface area contributed by atoms with E-state index in [4.69, 9.17) is 9.47 Å². The maximum atomic E-state index is 12.5. The lowest BCUT2D eigenvalue weighted by atomic mass is 10.0. The Labute approximate surface area is 153 Å². The van der Waals surface area contributed by atoms with Crippen LogP contribution in [-0.4, -0.2) is 26.0 Å². The number of hydrogen-bond acceptors (Lipinski definition) is 4. The van der Waals surface area contributed by atoms with Crippen molar-refractivity contribution in [3.8, 4) is 5.75 Å². The molecule has 0 radical (unpaired) electrons. The summed E-state index contributed by atoms with van der Waals surface area (Å²) in [5.74, 6) is 0.338. The summed E-state index contributed by atoms with van der Waals surface area (Å²) in [6, 6.07) is 14.3. The molecular weight excluding hydrogens is 332 g/mol. The van der Waals surface area contributed by atoms with Gasteiger partial charge in [0.25, 0.3) is 0 Å². The number of carbonyl (C=O) groups excluding carboxylic acids is 2. The van der Waals surface area contributed by atoms with Crippen LogP contribution in [0.4, 0.5) is 5.69 Å². The molecule has 0 saturated carbocycles. The van der Waals surface area contributed by atoms with E-state index in [9.17, 15) is 9.59 Å². The average molecular weight is 356 g/mol. The highest BCUT2D eigenvalue weighted by molar-refractivity contribution is 5.91. The summed E-state index contributed by atoms with van der Waals surface area (Å²) in [5, 5.41) is 5.69. The summed E-state index contributed by atoms with van der Waals surface area (Å²) >= 11 is 0. The lowest BCUT2D eigenvalue weighted by molar-refractivity contribution is -0.120. The van der Waals surface area contributed by atoms with Crippen LogP contribution in [0.3, 0.4) is 0 Å². The number of carbonyl (C=O) groups is 2. The van der Waals surface area contributed by atoms with Crippen molar-refractivity contribution < 1.29 is 19.1 Å². The Bertz CT molecular complexity index is 744. The van der Waals surface area contributed by atoms with E-state index in [-0.39, 0.29) is 18.2 Å². The molecule has 2 rings (SSSR count). The maximum absolute atomic E-state index is 12.5. The van der Waals surface area contributed by atoms with Crippen molar-refractivity contribution in [3.05, 3.63) is 59.7 Å². The summed E-state index contributed by atoms with van der Waals surface area (Å²) in [5.41, 5.74) is 2.50. The largest absolute Gasteiger partial charge is 0.497 e. The van der Waals surface area contributed by atoms with Gasteiger partial charge < -0.3 is 20.1 Å². The number of anilines is 1. The molecule has 0 saturated heterocycles. The summed E-state index contributed by atoms with van der Waals surface area (Å²) in [7, 11) is 3.21. The molecule has 0 aliphatic heterocycles. The van der Waals surface area contributed by atoms with Crippen LogP contribution in [0.15, 0.2) is 48.5 Å². The maximum Gasteiger partial charge on any atom is 0.226 e. The predicted molar refractivity (Wildman–Crippen MR) is 100.0 cm³/mol. The Balaban J connectivity index is 2.08. The van der Waals surface area contributed by atoms with Crippen molar-refractivity contribution >= 4 is 17.5 Å². The van der Waals surface area contributed by atoms with Crippen molar-refractivity contribution in [1.82, 2.24) is 5.32 Å². The lowest BCUT2D eigenvalue weighted by Gasteiger charge is -2.18. The molecule has 6 heteroatoms. The molecule has 0 fully saturated rings. The first-order chi connectivity index (χ1) is 12.5. The highest BCUT2D eigenvalue weighted by Gasteiger charge is 2.17. The standard InChI is InChI=1S/C20H24N2O4/c1-14(23)21-19(16-7-9-18(26-3)10-8-16)12-20(24)22-17-6-4-5-15(11-17)13-25-2/h4-11,19H,12-13H2,1-3H3,(H,21,23)(H,22,24). The van der Waals surface area contributed by atoms with Crippen LogP contribution in [0.1, 0.15) is 30.5 Å². The van der Waals surface area contributed by atoms with Crippen LogP contribution in [0.5, 0.6) is 5.75 Å². The van der Waals surface area contributed by atoms with Crippen LogP contribution in [0.2, 0.25) is 0 Å². The number of methoxy groups -OCH3 is 2. The lowest BCUT2D eigenvalue weighted by Crippen LogP contribution is -2.29. The minimum Gasteiger partial charge on any atom is -0.497 e. The van der Waals surface area contributed by atoms with Gasteiger partial charge in [-0.05, 0) is 35.4 Å². The minimum atomic E-state index is -0.416. The molecule has 0 bridgehead atoms. The Hall–Kier alpha value is -2.86. The minimum absolute atomic E-state index is 0.125. The third-order valence-corrected chi connectivity index (χ3v) is 3.81. The van der Waals surface area contributed by atoms with Gasteiger partial charge in [-0.1, -0.05) is 24.3 Å². The molecule has 2 N–H and O–H groups in total. The van der Waals surface area contributed by atoms with E-state index in [0.717, 1.165) is 16.9 Å². The Morgan fingerprint density at radius 1 is 1.08 bits per heavy atom. The van der Waals surface area contributed by atoms with E-state index >= 15 is 0 Å². The van der Waals surface area contributed by atoms with Gasteiger partial charge in [0.15, 0.2) is 0 Å². The monoisotopic (exact) mass is 356 g/mol. The number of benzene rings is 2. The van der Waals surface area contributed by atoms with Gasteiger partial charge in [0.05, 0.1) is 26.2 Å². The molecular formula is C20H24N2O4. The second-order valence-corrected chi connectivity index (χ2v) is 5.91. The zero-order valence-electron chi connectivity index (χ0n) is 15.2. The Morgan fingerprint density at radius 3 is 2.42 bits per heavy atom. The smallest absolute Gasteiger partial charge is 0.226 e. The molecule has 6 nitrogen and oxygen atoms in total. The van der Waals surface area contributed by atoms with Crippen LogP contribution >= 0.6 is 0 Å². The van der Waals surface area contributed by atoms with Gasteiger partial charge in [-0.2, -0.15) is 0 Å². The van der Waals surface area contributed by atoms with Crippen molar-refractivity contribution in [3.63, 3.8) is 0 Å². The van der Waals surface area contributed by atoms with E-state index < -0.39 is 6.04 Å². The Morgan fingerprint density at radius 2 is 1.81 bits per heavy atom. The first-order valence-corrected chi connectivity index (χ1v) is 8.30. The molecule has 2 amide bonds. The molecule has 0 heterocycles. The predicted octanol–water partition coefficient (Wildman–Crippen LogP) is 3.05. The van der Waals surface area contributed by atoms with Gasteiger partial charge in [-0.15, -0.1) is 0 Å². The van der Waals surface area contributed by atoms with Crippen molar-refractivity contribution in [2.45, 2.75) is 26.0 Å². The summed E-state index contributed by atoms with van der Waals surface area (Å²) in [6.07, 6.45) is 0.125. The zero-order chi connectivity index (χ0) is 18.9. The van der Waals surface area contributed by atoms with Gasteiger partial charge >= 0.3 is 0 Å². The highest BCUT2D eigenvalue weighted by atomic mass is 16.5. The van der Waals surface area contributed by atoms with Gasteiger partial charge in [0.2, 0.25) is 11.8 Å². The second kappa shape index (κ2) is 9.58. The zero-order valence-corrected chi connectivity index (χ0v) is 15.2. The molecule has 2 aromatic rings. The topological polar surface area (TPSA) is 76.7 Å². The van der Waals surface area contributed by atoms with Gasteiger partial charge in [0.1, 0.15) is 5.75 Å². The first kappa shape index (κ1) is 19.5. The van der Waals surface area contributed by atoms with E-state index in [1.165, 1.54) is 6.92 Å². The van der Waals surface area contributed by atoms with Crippen LogP contribution in [0, 0.1) is 0 Å². The van der Waals surface area contributed by atoms with E-state index in [0.29, 0.717) is 12.3 Å². The van der Waals surface area contributed by atoms with Crippen molar-refractivity contribution in [2.24, 2.45) is 0 Å². The van der Waals surface area contributed by atoms with Crippen LogP contribution in [0.25, 0.3) is 0 Å². The molecule has 2 aromatic carbocycles. The third kappa shape index (κ3) is 5.89. The quantitative estimate of drug-likeness (QED) is 0.762. The number of rotatable bonds is 8. The molecule has 138 valence electrons. The summed E-state index contributed by atoms with van der Waals surface area (Å²) in [6.45, 7) is 1.91. The number of ether oxygens (including phenoxy) is 2. The van der Waals surface area contributed by atoms with Crippen molar-refractivity contribution in [1.29, 1.82) is 0 Å². The van der Waals surface area contributed by atoms with E-state index in [2.05, 4.69) is 10.6 Å². The normalized spacial score (nSPS) is 11.5. The average Bonchev–Trinajstić information content (AvgIpc) is 2.61. The first-order valence-electron chi connectivity index (χ1n) is 8.30. The fraction of sp³-hybridized carbons (Fsp3) is 0.300. The fourth-order valence-corrected chi connectivity index (χ4v) is 2.64. The SMILES string of the molecule is COCc1cccc(NC(=O)CC(NC(C)=O)c2ccc(OC)cc2)c1. The molecule has 1 unspecified atom stereocenters.